The molecule has 3 rings (SSSR count). The smallest absolute Gasteiger partial charge is 0.138 e. The van der Waals surface area contributed by atoms with E-state index in [1.807, 2.05) is 12.3 Å². The summed E-state index contributed by atoms with van der Waals surface area (Å²) in [6, 6.07) is 4.11. The van der Waals surface area contributed by atoms with E-state index in [1.54, 1.807) is 0 Å². The van der Waals surface area contributed by atoms with Crippen LogP contribution in [0.5, 0.6) is 0 Å². The maximum absolute atomic E-state index is 4.28. The van der Waals surface area contributed by atoms with Crippen LogP contribution in [0.4, 0.5) is 0 Å². The van der Waals surface area contributed by atoms with Crippen molar-refractivity contribution < 1.29 is 0 Å². The lowest BCUT2D eigenvalue weighted by Crippen LogP contribution is -1.74. The molecular formula is C11H10N2S. The van der Waals surface area contributed by atoms with Crippen LogP contribution in [0, 0.1) is 0 Å². The summed E-state index contributed by atoms with van der Waals surface area (Å²) in [5.41, 5.74) is 0.985. The van der Waals surface area contributed by atoms with Gasteiger partial charge in [0.15, 0.2) is 0 Å². The first-order chi connectivity index (χ1) is 6.95. The molecule has 0 spiro atoms. The number of H-pyrrole nitrogens is 1. The lowest BCUT2D eigenvalue weighted by atomic mass is 10.3. The van der Waals surface area contributed by atoms with Crippen LogP contribution in [0.2, 0.25) is 0 Å². The van der Waals surface area contributed by atoms with Crippen LogP contribution in [-0.2, 0) is 0 Å². The van der Waals surface area contributed by atoms with E-state index in [9.17, 15) is 0 Å². The number of hydrogen-bond acceptors (Lipinski definition) is 1. The molecule has 0 radical (unpaired) electrons. The van der Waals surface area contributed by atoms with Crippen LogP contribution >= 0.6 is 10.9 Å². The van der Waals surface area contributed by atoms with Gasteiger partial charge >= 0.3 is 0 Å². The van der Waals surface area contributed by atoms with Crippen LogP contribution in [-0.4, -0.2) is 9.97 Å². The monoisotopic (exact) mass is 202 g/mol. The zero-order chi connectivity index (χ0) is 9.38. The average molecular weight is 202 g/mol. The van der Waals surface area contributed by atoms with Gasteiger partial charge in [-0.05, 0) is 22.9 Å². The second kappa shape index (κ2) is 3.03. The summed E-state index contributed by atoms with van der Waals surface area (Å²) in [6.07, 6.45) is 8.11. The molecule has 70 valence electrons. The summed E-state index contributed by atoms with van der Waals surface area (Å²) < 4.78 is 0. The number of aromatic nitrogens is 2. The Balaban J connectivity index is 2.21. The lowest BCUT2D eigenvalue weighted by molar-refractivity contribution is 1.32. The number of nitrogens with zero attached hydrogens (tertiary/aromatic N) is 1. The number of nitrogens with one attached hydrogen (secondary N) is 1. The standard InChI is InChI=1S/C11H10N2S/c1-2-7-14(6-1)10-8-13-11-9(10)4-3-5-12-11/h1-8,14H,(H,12,13). The predicted octanol–water partition coefficient (Wildman–Crippen LogP) is 2.96. The minimum atomic E-state index is -0.235. The molecule has 3 heteroatoms. The van der Waals surface area contributed by atoms with Crippen LogP contribution in [0.1, 0.15) is 0 Å². The molecule has 0 atom stereocenters. The SMILES string of the molecule is C1=C[SH](c2c[nH]c3ncccc23)C=C1. The predicted molar refractivity (Wildman–Crippen MR) is 61.6 cm³/mol. The second-order valence-corrected chi connectivity index (χ2v) is 5.06. The molecular weight excluding hydrogens is 192 g/mol. The molecule has 0 saturated carbocycles. The molecule has 0 amide bonds. The Hall–Kier alpha value is -1.48. The van der Waals surface area contributed by atoms with E-state index in [-0.39, 0.29) is 10.9 Å². The molecule has 1 aliphatic rings. The Kier molecular flexibility index (Phi) is 1.70. The molecule has 0 aromatic carbocycles. The van der Waals surface area contributed by atoms with E-state index in [4.69, 9.17) is 0 Å². The van der Waals surface area contributed by atoms with Gasteiger partial charge < -0.3 is 4.98 Å². The van der Waals surface area contributed by atoms with E-state index in [0.29, 0.717) is 0 Å². The van der Waals surface area contributed by atoms with Gasteiger partial charge in [-0.15, -0.1) is 0 Å². The summed E-state index contributed by atoms with van der Waals surface area (Å²) in [5.74, 6) is 0. The first kappa shape index (κ1) is 7.88. The fourth-order valence-corrected chi connectivity index (χ4v) is 3.31. The second-order valence-electron chi connectivity index (χ2n) is 3.16. The van der Waals surface area contributed by atoms with Crippen molar-refractivity contribution >= 4 is 21.9 Å². The molecule has 1 N–H and O–H groups in total. The first-order valence-corrected chi connectivity index (χ1v) is 5.98. The van der Waals surface area contributed by atoms with Gasteiger partial charge in [0, 0.05) is 22.7 Å². The van der Waals surface area contributed by atoms with Crippen LogP contribution in [0.25, 0.3) is 11.0 Å². The highest BCUT2D eigenvalue weighted by Gasteiger charge is 2.09. The molecule has 0 fully saturated rings. The van der Waals surface area contributed by atoms with Crippen LogP contribution in [0.3, 0.4) is 0 Å². The van der Waals surface area contributed by atoms with Crippen molar-refractivity contribution in [3.05, 3.63) is 47.5 Å². The third kappa shape index (κ3) is 1.09. The molecule has 14 heavy (non-hydrogen) atoms. The zero-order valence-electron chi connectivity index (χ0n) is 7.51. The number of aromatic amines is 1. The number of thiol groups is 1. The summed E-state index contributed by atoms with van der Waals surface area (Å²) in [6.45, 7) is 0. The quantitative estimate of drug-likeness (QED) is 0.684. The molecule has 2 nitrogen and oxygen atoms in total. The van der Waals surface area contributed by atoms with Crippen molar-refractivity contribution in [3.63, 3.8) is 0 Å². The number of rotatable bonds is 1. The summed E-state index contributed by atoms with van der Waals surface area (Å²) in [4.78, 5) is 8.85. The van der Waals surface area contributed by atoms with E-state index in [0.717, 1.165) is 5.65 Å². The van der Waals surface area contributed by atoms with Gasteiger partial charge in [-0.3, -0.25) is 0 Å². The maximum Gasteiger partial charge on any atom is 0.138 e. The topological polar surface area (TPSA) is 28.7 Å². The van der Waals surface area contributed by atoms with Crippen LogP contribution < -0.4 is 0 Å². The van der Waals surface area contributed by atoms with Gasteiger partial charge in [-0.1, -0.05) is 12.2 Å². The fraction of sp³-hybridized carbons (Fsp3) is 0. The van der Waals surface area contributed by atoms with Crippen molar-refractivity contribution in [2.75, 3.05) is 0 Å². The van der Waals surface area contributed by atoms with Gasteiger partial charge in [-0.25, -0.2) is 4.98 Å². The Morgan fingerprint density at radius 1 is 1.21 bits per heavy atom. The number of fused-ring (bicyclic) bond motifs is 1. The van der Waals surface area contributed by atoms with E-state index in [2.05, 4.69) is 45.2 Å². The fourth-order valence-electron chi connectivity index (χ4n) is 1.65. The van der Waals surface area contributed by atoms with Crippen molar-refractivity contribution in [2.45, 2.75) is 4.90 Å². The summed E-state index contributed by atoms with van der Waals surface area (Å²) in [5, 5.41) is 5.76. The Morgan fingerprint density at radius 2 is 2.07 bits per heavy atom. The number of hydrogen-bond donors (Lipinski definition) is 2. The third-order valence-corrected chi connectivity index (χ3v) is 4.22. The molecule has 0 aliphatic carbocycles. The highest BCUT2D eigenvalue weighted by atomic mass is 32.2. The van der Waals surface area contributed by atoms with Crippen molar-refractivity contribution in [1.29, 1.82) is 0 Å². The van der Waals surface area contributed by atoms with E-state index < -0.39 is 0 Å². The lowest BCUT2D eigenvalue weighted by Gasteiger charge is -2.07. The van der Waals surface area contributed by atoms with Gasteiger partial charge in [0.05, 0.1) is 0 Å². The van der Waals surface area contributed by atoms with Gasteiger partial charge in [0.2, 0.25) is 0 Å². The van der Waals surface area contributed by atoms with Gasteiger partial charge in [0.1, 0.15) is 5.65 Å². The molecule has 1 aliphatic heterocycles. The minimum Gasteiger partial charge on any atom is -0.345 e. The van der Waals surface area contributed by atoms with Crippen LogP contribution in [0.15, 0.2) is 52.4 Å². The van der Waals surface area contributed by atoms with E-state index in [1.165, 1.54) is 10.3 Å². The Bertz CT molecular complexity index is 513. The Morgan fingerprint density at radius 3 is 2.93 bits per heavy atom. The molecule has 3 heterocycles. The van der Waals surface area contributed by atoms with Crippen molar-refractivity contribution in [3.8, 4) is 0 Å². The highest BCUT2D eigenvalue weighted by Crippen LogP contribution is 2.44. The zero-order valence-corrected chi connectivity index (χ0v) is 8.41. The van der Waals surface area contributed by atoms with Crippen molar-refractivity contribution in [1.82, 2.24) is 9.97 Å². The normalized spacial score (nSPS) is 17.0. The number of allylic oxidation sites excluding steroid dienone is 2. The molecule has 0 saturated heterocycles. The number of pyridine rings is 1. The molecule has 0 bridgehead atoms. The average Bonchev–Trinajstić information content (AvgIpc) is 2.85. The maximum atomic E-state index is 4.28. The highest BCUT2D eigenvalue weighted by molar-refractivity contribution is 8.22. The van der Waals surface area contributed by atoms with E-state index >= 15 is 0 Å². The molecule has 2 aromatic heterocycles. The largest absolute Gasteiger partial charge is 0.345 e. The third-order valence-electron chi connectivity index (χ3n) is 2.31. The summed E-state index contributed by atoms with van der Waals surface area (Å²) >= 11 is 0. The van der Waals surface area contributed by atoms with Gasteiger partial charge in [-0.2, -0.15) is 10.9 Å². The van der Waals surface area contributed by atoms with Crippen molar-refractivity contribution in [2.24, 2.45) is 0 Å². The first-order valence-electron chi connectivity index (χ1n) is 4.50. The Labute approximate surface area is 84.7 Å². The molecule has 2 aromatic rings. The van der Waals surface area contributed by atoms with Gasteiger partial charge in [0.25, 0.3) is 0 Å². The summed E-state index contributed by atoms with van der Waals surface area (Å²) in [7, 11) is -0.235. The minimum absolute atomic E-state index is 0.235. The molecule has 0 unspecified atom stereocenters.